The molecule has 2 aromatic rings. The van der Waals surface area contributed by atoms with E-state index in [1.807, 2.05) is 12.1 Å². The number of hydrogen-bond acceptors (Lipinski definition) is 4. The van der Waals surface area contributed by atoms with Crippen LogP contribution >= 0.6 is 0 Å². The van der Waals surface area contributed by atoms with Gasteiger partial charge in [0.15, 0.2) is 0 Å². The second kappa shape index (κ2) is 14.5. The molecular formula is C34H53FN2O2. The molecule has 2 aliphatic heterocycles. The number of alkyl halides is 1. The van der Waals surface area contributed by atoms with Crippen molar-refractivity contribution >= 4 is 0 Å². The Bertz CT molecular complexity index is 963. The normalized spacial score (nSPS) is 20.5. The molecule has 0 aliphatic carbocycles. The van der Waals surface area contributed by atoms with E-state index in [0.29, 0.717) is 6.61 Å². The van der Waals surface area contributed by atoms with Crippen LogP contribution in [0.1, 0.15) is 72.4 Å². The van der Waals surface area contributed by atoms with Crippen LogP contribution in [0.2, 0.25) is 0 Å². The van der Waals surface area contributed by atoms with Gasteiger partial charge in [-0.3, -0.25) is 14.2 Å². The van der Waals surface area contributed by atoms with Crippen LogP contribution < -0.4 is 9.47 Å². The lowest BCUT2D eigenvalue weighted by Gasteiger charge is -2.19. The molecule has 0 saturated carbocycles. The van der Waals surface area contributed by atoms with E-state index in [1.54, 1.807) is 0 Å². The Morgan fingerprint density at radius 2 is 1.13 bits per heavy atom. The standard InChI is InChI=1S/C17H26FNO.C17H27NO/c1-17(2,3)15-4-6-16(7-5-15)20-11-10-19-9-8-14(12-18)13-19;1-14-9-10-18(13-14)11-12-19-16-7-5-15(6-8-16)17(2,3)4/h4-7,14H,8-13H2,1-3H3;5-8,14H,9-13H2,1-4H3/t;14-/m.0/s1. The predicted molar refractivity (Wildman–Crippen MR) is 162 cm³/mol. The summed E-state index contributed by atoms with van der Waals surface area (Å²) in [5.41, 5.74) is 3.06. The van der Waals surface area contributed by atoms with Crippen LogP contribution in [-0.4, -0.2) is 69.0 Å². The first-order chi connectivity index (χ1) is 18.4. The fourth-order valence-electron chi connectivity index (χ4n) is 5.16. The van der Waals surface area contributed by atoms with Crippen LogP contribution in [0.5, 0.6) is 11.5 Å². The van der Waals surface area contributed by atoms with Crippen molar-refractivity contribution in [1.29, 1.82) is 0 Å². The third kappa shape index (κ3) is 10.8. The van der Waals surface area contributed by atoms with Gasteiger partial charge in [-0.1, -0.05) is 72.7 Å². The summed E-state index contributed by atoms with van der Waals surface area (Å²) in [7, 11) is 0. The first kappa shape index (κ1) is 31.4. The Morgan fingerprint density at radius 3 is 1.49 bits per heavy atom. The van der Waals surface area contributed by atoms with Gasteiger partial charge in [0.2, 0.25) is 0 Å². The van der Waals surface area contributed by atoms with Gasteiger partial charge in [0.05, 0.1) is 6.67 Å². The van der Waals surface area contributed by atoms with Crippen molar-refractivity contribution in [2.75, 3.05) is 59.2 Å². The van der Waals surface area contributed by atoms with Crippen molar-refractivity contribution in [2.45, 2.75) is 72.1 Å². The number of nitrogens with zero attached hydrogens (tertiary/aromatic N) is 2. The maximum atomic E-state index is 12.5. The molecule has 0 amide bonds. The second-order valence-corrected chi connectivity index (χ2v) is 13.5. The van der Waals surface area contributed by atoms with Crippen LogP contribution in [0.4, 0.5) is 4.39 Å². The largest absolute Gasteiger partial charge is 0.492 e. The Hall–Kier alpha value is -2.11. The second-order valence-electron chi connectivity index (χ2n) is 13.5. The summed E-state index contributed by atoms with van der Waals surface area (Å²) in [6, 6.07) is 16.9. The fourth-order valence-corrected chi connectivity index (χ4v) is 5.16. The molecular weight excluding hydrogens is 487 g/mol. The van der Waals surface area contributed by atoms with E-state index in [0.717, 1.165) is 56.6 Å². The maximum Gasteiger partial charge on any atom is 0.119 e. The summed E-state index contributed by atoms with van der Waals surface area (Å²) in [5.74, 6) is 2.99. The van der Waals surface area contributed by atoms with E-state index in [2.05, 4.69) is 94.7 Å². The molecule has 2 fully saturated rings. The molecule has 2 atom stereocenters. The Labute approximate surface area is 237 Å². The van der Waals surface area contributed by atoms with E-state index in [1.165, 1.54) is 30.6 Å². The van der Waals surface area contributed by atoms with Crippen LogP contribution in [0, 0.1) is 11.8 Å². The number of benzene rings is 2. The lowest BCUT2D eigenvalue weighted by Crippen LogP contribution is -2.26. The molecule has 0 N–H and O–H groups in total. The van der Waals surface area contributed by atoms with Gasteiger partial charge in [-0.05, 0) is 78.1 Å². The summed E-state index contributed by atoms with van der Waals surface area (Å²) in [4.78, 5) is 4.78. The molecule has 218 valence electrons. The molecule has 2 aromatic carbocycles. The number of halogens is 1. The highest BCUT2D eigenvalue weighted by atomic mass is 19.1. The molecule has 4 rings (SSSR count). The highest BCUT2D eigenvalue weighted by Gasteiger charge is 2.22. The summed E-state index contributed by atoms with van der Waals surface area (Å²) >= 11 is 0. The van der Waals surface area contributed by atoms with Crippen molar-refractivity contribution in [2.24, 2.45) is 11.8 Å². The third-order valence-electron chi connectivity index (χ3n) is 7.89. The quantitative estimate of drug-likeness (QED) is 0.332. The minimum atomic E-state index is -0.189. The molecule has 5 heteroatoms. The zero-order chi connectivity index (χ0) is 28.5. The Balaban J connectivity index is 0.000000216. The molecule has 2 heterocycles. The first-order valence-corrected chi connectivity index (χ1v) is 14.9. The fraction of sp³-hybridized carbons (Fsp3) is 0.647. The smallest absolute Gasteiger partial charge is 0.119 e. The van der Waals surface area contributed by atoms with Crippen molar-refractivity contribution in [3.8, 4) is 11.5 Å². The predicted octanol–water partition coefficient (Wildman–Crippen LogP) is 7.36. The number of likely N-dealkylation sites (tertiary alicyclic amines) is 2. The van der Waals surface area contributed by atoms with Gasteiger partial charge in [0.1, 0.15) is 24.7 Å². The lowest BCUT2D eigenvalue weighted by molar-refractivity contribution is 0.228. The Morgan fingerprint density at radius 1 is 0.692 bits per heavy atom. The number of ether oxygens (including phenoxy) is 2. The molecule has 2 aliphatic rings. The van der Waals surface area contributed by atoms with Gasteiger partial charge in [-0.15, -0.1) is 0 Å². The van der Waals surface area contributed by atoms with E-state index >= 15 is 0 Å². The third-order valence-corrected chi connectivity index (χ3v) is 7.89. The van der Waals surface area contributed by atoms with Crippen molar-refractivity contribution in [3.63, 3.8) is 0 Å². The van der Waals surface area contributed by atoms with Crippen LogP contribution in [-0.2, 0) is 10.8 Å². The summed E-state index contributed by atoms with van der Waals surface area (Å²) in [5, 5.41) is 0. The molecule has 2 saturated heterocycles. The zero-order valence-electron chi connectivity index (χ0n) is 25.6. The van der Waals surface area contributed by atoms with Gasteiger partial charge >= 0.3 is 0 Å². The summed E-state index contributed by atoms with van der Waals surface area (Å²) < 4.78 is 24.1. The summed E-state index contributed by atoms with van der Waals surface area (Å²) in [6.45, 7) is 23.2. The van der Waals surface area contributed by atoms with E-state index in [4.69, 9.17) is 9.47 Å². The van der Waals surface area contributed by atoms with Crippen molar-refractivity contribution in [1.82, 2.24) is 9.80 Å². The average molecular weight is 541 g/mol. The van der Waals surface area contributed by atoms with Gasteiger partial charge in [0.25, 0.3) is 0 Å². The number of hydrogen-bond donors (Lipinski definition) is 0. The SMILES string of the molecule is CC(C)(C)c1ccc(OCCN2CCC(CF)C2)cc1.C[C@H]1CCN(CCOc2ccc(C(C)(C)C)cc2)C1. The molecule has 0 radical (unpaired) electrons. The van der Waals surface area contributed by atoms with Crippen LogP contribution in [0.3, 0.4) is 0 Å². The van der Waals surface area contributed by atoms with Gasteiger partial charge < -0.3 is 9.47 Å². The minimum absolute atomic E-state index is 0.176. The monoisotopic (exact) mass is 540 g/mol. The maximum absolute atomic E-state index is 12.5. The molecule has 39 heavy (non-hydrogen) atoms. The highest BCUT2D eigenvalue weighted by Crippen LogP contribution is 2.25. The molecule has 4 nitrogen and oxygen atoms in total. The van der Waals surface area contributed by atoms with Crippen molar-refractivity contribution in [3.05, 3.63) is 59.7 Å². The van der Waals surface area contributed by atoms with Gasteiger partial charge in [-0.25, -0.2) is 0 Å². The molecule has 0 bridgehead atoms. The van der Waals surface area contributed by atoms with E-state index < -0.39 is 0 Å². The average Bonchev–Trinajstić information content (AvgIpc) is 3.52. The highest BCUT2D eigenvalue weighted by molar-refractivity contribution is 5.32. The van der Waals surface area contributed by atoms with Crippen molar-refractivity contribution < 1.29 is 13.9 Å². The molecule has 1 unspecified atom stereocenters. The summed E-state index contributed by atoms with van der Waals surface area (Å²) in [6.07, 6.45) is 2.32. The lowest BCUT2D eigenvalue weighted by atomic mass is 9.87. The molecule has 0 aromatic heterocycles. The zero-order valence-corrected chi connectivity index (χ0v) is 25.6. The van der Waals surface area contributed by atoms with E-state index in [-0.39, 0.29) is 23.4 Å². The van der Waals surface area contributed by atoms with Gasteiger partial charge in [-0.2, -0.15) is 0 Å². The van der Waals surface area contributed by atoms with Crippen LogP contribution in [0.25, 0.3) is 0 Å². The topological polar surface area (TPSA) is 24.9 Å². The van der Waals surface area contributed by atoms with Crippen LogP contribution in [0.15, 0.2) is 48.5 Å². The molecule has 0 spiro atoms. The van der Waals surface area contributed by atoms with Gasteiger partial charge in [0, 0.05) is 32.1 Å². The minimum Gasteiger partial charge on any atom is -0.492 e. The van der Waals surface area contributed by atoms with E-state index in [9.17, 15) is 4.39 Å². The Kier molecular flexibility index (Phi) is 11.7. The number of rotatable bonds is 9. The first-order valence-electron chi connectivity index (χ1n) is 14.9.